The van der Waals surface area contributed by atoms with E-state index in [0.29, 0.717) is 11.4 Å². The molecule has 98 valence electrons. The summed E-state index contributed by atoms with van der Waals surface area (Å²) in [5, 5.41) is 0.325. The highest BCUT2D eigenvalue weighted by Crippen LogP contribution is 2.33. The number of pyridine rings is 1. The number of nitrogens with zero attached hydrogens (tertiary/aromatic N) is 1. The first-order chi connectivity index (χ1) is 8.47. The molecular formula is C12H12F3NOS. The maximum absolute atomic E-state index is 12.3. The van der Waals surface area contributed by atoms with Gasteiger partial charge in [-0.1, -0.05) is 18.2 Å². The Morgan fingerprint density at radius 2 is 2.06 bits per heavy atom. The van der Waals surface area contributed by atoms with Crippen molar-refractivity contribution < 1.29 is 18.0 Å². The second-order valence-corrected chi connectivity index (χ2v) is 5.42. The SMILES string of the molecule is O=C1CCCCC1Sc1ccc(C(F)(F)F)cn1. The van der Waals surface area contributed by atoms with Crippen molar-refractivity contribution in [3.63, 3.8) is 0 Å². The van der Waals surface area contributed by atoms with E-state index in [4.69, 9.17) is 0 Å². The Bertz CT molecular complexity index is 430. The number of halogens is 3. The van der Waals surface area contributed by atoms with E-state index < -0.39 is 11.7 Å². The molecule has 0 saturated heterocycles. The zero-order valence-electron chi connectivity index (χ0n) is 9.54. The zero-order valence-corrected chi connectivity index (χ0v) is 10.4. The minimum absolute atomic E-state index is 0.150. The van der Waals surface area contributed by atoms with Crippen molar-refractivity contribution in [1.82, 2.24) is 4.98 Å². The van der Waals surface area contributed by atoms with Crippen molar-refractivity contribution in [2.45, 2.75) is 42.1 Å². The minimum Gasteiger partial charge on any atom is -0.298 e. The summed E-state index contributed by atoms with van der Waals surface area (Å²) < 4.78 is 37.0. The van der Waals surface area contributed by atoms with Crippen molar-refractivity contribution in [2.24, 2.45) is 0 Å². The van der Waals surface area contributed by atoms with E-state index in [1.54, 1.807) is 0 Å². The Kier molecular flexibility index (Phi) is 3.94. The summed E-state index contributed by atoms with van der Waals surface area (Å²) in [5.41, 5.74) is -0.762. The molecule has 1 unspecified atom stereocenters. The molecule has 0 amide bonds. The number of alkyl halides is 3. The molecule has 0 aliphatic heterocycles. The molecule has 1 fully saturated rings. The summed E-state index contributed by atoms with van der Waals surface area (Å²) in [5.74, 6) is 0.174. The largest absolute Gasteiger partial charge is 0.417 e. The van der Waals surface area contributed by atoms with Crippen LogP contribution in [0.25, 0.3) is 0 Å². The van der Waals surface area contributed by atoms with Gasteiger partial charge < -0.3 is 0 Å². The molecule has 0 aromatic carbocycles. The van der Waals surface area contributed by atoms with E-state index in [0.717, 1.165) is 31.5 Å². The lowest BCUT2D eigenvalue weighted by Crippen LogP contribution is -2.21. The average Bonchev–Trinajstić information content (AvgIpc) is 2.32. The van der Waals surface area contributed by atoms with E-state index in [1.807, 2.05) is 0 Å². The molecule has 6 heteroatoms. The fraction of sp³-hybridized carbons (Fsp3) is 0.500. The molecule has 1 aromatic heterocycles. The molecule has 1 atom stereocenters. The highest BCUT2D eigenvalue weighted by Gasteiger charge is 2.31. The number of hydrogen-bond donors (Lipinski definition) is 0. The maximum atomic E-state index is 12.3. The van der Waals surface area contributed by atoms with Gasteiger partial charge in [0, 0.05) is 12.6 Å². The fourth-order valence-corrected chi connectivity index (χ4v) is 2.92. The predicted molar refractivity (Wildman–Crippen MR) is 62.4 cm³/mol. The van der Waals surface area contributed by atoms with Crippen molar-refractivity contribution in [2.75, 3.05) is 0 Å². The van der Waals surface area contributed by atoms with Crippen LogP contribution in [-0.2, 0) is 11.0 Å². The van der Waals surface area contributed by atoms with Crippen LogP contribution in [0.15, 0.2) is 23.4 Å². The van der Waals surface area contributed by atoms with Crippen molar-refractivity contribution >= 4 is 17.5 Å². The lowest BCUT2D eigenvalue weighted by atomic mass is 9.99. The van der Waals surface area contributed by atoms with E-state index >= 15 is 0 Å². The van der Waals surface area contributed by atoms with Gasteiger partial charge in [-0.05, 0) is 25.0 Å². The van der Waals surface area contributed by atoms with Gasteiger partial charge >= 0.3 is 6.18 Å². The van der Waals surface area contributed by atoms with Crippen LogP contribution in [0, 0.1) is 0 Å². The van der Waals surface area contributed by atoms with Crippen LogP contribution >= 0.6 is 11.8 Å². The first-order valence-corrected chi connectivity index (χ1v) is 6.57. The van der Waals surface area contributed by atoms with E-state index in [-0.39, 0.29) is 11.0 Å². The van der Waals surface area contributed by atoms with Crippen molar-refractivity contribution in [3.8, 4) is 0 Å². The summed E-state index contributed by atoms with van der Waals surface area (Å²) >= 11 is 1.26. The van der Waals surface area contributed by atoms with Crippen LogP contribution < -0.4 is 0 Å². The molecule has 1 aliphatic rings. The summed E-state index contributed by atoms with van der Waals surface area (Å²) in [6.07, 6.45) is -0.294. The van der Waals surface area contributed by atoms with E-state index in [9.17, 15) is 18.0 Å². The lowest BCUT2D eigenvalue weighted by Gasteiger charge is -2.19. The maximum Gasteiger partial charge on any atom is 0.417 e. The zero-order chi connectivity index (χ0) is 13.2. The molecule has 2 nitrogen and oxygen atoms in total. The number of thioether (sulfide) groups is 1. The molecule has 1 aliphatic carbocycles. The average molecular weight is 275 g/mol. The number of carbonyl (C=O) groups excluding carboxylic acids is 1. The van der Waals surface area contributed by atoms with Crippen LogP contribution in [0.3, 0.4) is 0 Å². The Labute approximate surface area is 107 Å². The molecule has 18 heavy (non-hydrogen) atoms. The third kappa shape index (κ3) is 3.25. The monoisotopic (exact) mass is 275 g/mol. The van der Waals surface area contributed by atoms with Crippen molar-refractivity contribution in [1.29, 1.82) is 0 Å². The molecular weight excluding hydrogens is 263 g/mol. The van der Waals surface area contributed by atoms with E-state index in [2.05, 4.69) is 4.98 Å². The second-order valence-electron chi connectivity index (χ2n) is 4.20. The van der Waals surface area contributed by atoms with Crippen LogP contribution in [0.2, 0.25) is 0 Å². The highest BCUT2D eigenvalue weighted by molar-refractivity contribution is 8.00. The summed E-state index contributed by atoms with van der Waals surface area (Å²) in [7, 11) is 0. The van der Waals surface area contributed by atoms with Gasteiger partial charge in [-0.2, -0.15) is 13.2 Å². The van der Waals surface area contributed by atoms with Crippen LogP contribution in [0.4, 0.5) is 13.2 Å². The normalized spacial score (nSPS) is 21.1. The summed E-state index contributed by atoms with van der Waals surface area (Å²) in [4.78, 5) is 15.4. The van der Waals surface area contributed by atoms with E-state index in [1.165, 1.54) is 17.8 Å². The van der Waals surface area contributed by atoms with Crippen LogP contribution in [0.5, 0.6) is 0 Å². The van der Waals surface area contributed by atoms with Crippen molar-refractivity contribution in [3.05, 3.63) is 23.9 Å². The summed E-state index contributed by atoms with van der Waals surface area (Å²) in [6, 6.07) is 2.33. The van der Waals surface area contributed by atoms with Gasteiger partial charge in [-0.3, -0.25) is 4.79 Å². The molecule has 0 N–H and O–H groups in total. The van der Waals surface area contributed by atoms with Gasteiger partial charge in [0.25, 0.3) is 0 Å². The standard InChI is InChI=1S/C12H12F3NOS/c13-12(14,15)8-5-6-11(16-7-8)18-10-4-2-1-3-9(10)17/h5-7,10H,1-4H2. The third-order valence-corrected chi connectivity index (χ3v) is 4.09. The quantitative estimate of drug-likeness (QED) is 0.824. The van der Waals surface area contributed by atoms with Gasteiger partial charge in [0.05, 0.1) is 15.8 Å². The Hall–Kier alpha value is -1.04. The van der Waals surface area contributed by atoms with Gasteiger partial charge in [0.1, 0.15) is 5.78 Å². The Balaban J connectivity index is 2.04. The molecule has 0 spiro atoms. The minimum atomic E-state index is -4.36. The number of hydrogen-bond acceptors (Lipinski definition) is 3. The number of aromatic nitrogens is 1. The van der Waals surface area contributed by atoms with Crippen LogP contribution in [-0.4, -0.2) is 16.0 Å². The van der Waals surface area contributed by atoms with Gasteiger partial charge in [-0.25, -0.2) is 4.98 Å². The molecule has 2 rings (SSSR count). The highest BCUT2D eigenvalue weighted by atomic mass is 32.2. The number of Topliss-reactive ketones (excluding diaryl/α,β-unsaturated/α-hetero) is 1. The van der Waals surface area contributed by atoms with Gasteiger partial charge in [0.15, 0.2) is 0 Å². The first kappa shape index (κ1) is 13.4. The fourth-order valence-electron chi connectivity index (χ4n) is 1.84. The molecule has 1 heterocycles. The van der Waals surface area contributed by atoms with Crippen LogP contribution in [0.1, 0.15) is 31.2 Å². The second kappa shape index (κ2) is 5.30. The summed E-state index contributed by atoms with van der Waals surface area (Å²) in [6.45, 7) is 0. The molecule has 1 saturated carbocycles. The lowest BCUT2D eigenvalue weighted by molar-refractivity contribution is -0.137. The number of rotatable bonds is 2. The molecule has 1 aromatic rings. The molecule has 0 radical (unpaired) electrons. The van der Waals surface area contributed by atoms with Gasteiger partial charge in [-0.15, -0.1) is 0 Å². The topological polar surface area (TPSA) is 30.0 Å². The molecule has 0 bridgehead atoms. The number of carbonyl (C=O) groups is 1. The smallest absolute Gasteiger partial charge is 0.298 e. The number of ketones is 1. The Morgan fingerprint density at radius 3 is 2.61 bits per heavy atom. The first-order valence-electron chi connectivity index (χ1n) is 5.69. The third-order valence-electron chi connectivity index (χ3n) is 2.83. The Morgan fingerprint density at radius 1 is 1.28 bits per heavy atom. The van der Waals surface area contributed by atoms with Gasteiger partial charge in [0.2, 0.25) is 0 Å². The predicted octanol–water partition coefficient (Wildman–Crippen LogP) is 3.70.